The minimum Gasteiger partial charge on any atom is -0.395 e. The van der Waals surface area contributed by atoms with Crippen molar-refractivity contribution in [1.29, 1.82) is 0 Å². The maximum absolute atomic E-state index is 8.71. The standard InChI is InChI=1S/C12H21NO2/c1-9-2-3-10-6-11(9)12(15-8-10)7-13-4-5-14/h2,10-14H,3-8H2,1H3/t10-,11+,12-/m0/s1. The second-order valence-electron chi connectivity index (χ2n) is 4.69. The van der Waals surface area contributed by atoms with Crippen LogP contribution in [0.2, 0.25) is 0 Å². The number of allylic oxidation sites excluding steroid dienone is 1. The van der Waals surface area contributed by atoms with Crippen molar-refractivity contribution in [2.24, 2.45) is 11.8 Å². The SMILES string of the molecule is CC1=CC[C@@H]2CO[C@@H](CNCCO)[C@@H]1C2. The van der Waals surface area contributed by atoms with Gasteiger partial charge >= 0.3 is 0 Å². The molecule has 0 aromatic heterocycles. The Hall–Kier alpha value is -0.380. The van der Waals surface area contributed by atoms with E-state index in [1.54, 1.807) is 0 Å². The molecule has 1 fully saturated rings. The summed E-state index contributed by atoms with van der Waals surface area (Å²) in [5.41, 5.74) is 1.49. The molecule has 2 N–H and O–H groups in total. The molecule has 0 spiro atoms. The summed E-state index contributed by atoms with van der Waals surface area (Å²) in [6.07, 6.45) is 5.16. The van der Waals surface area contributed by atoms with Gasteiger partial charge in [-0.2, -0.15) is 0 Å². The van der Waals surface area contributed by atoms with Gasteiger partial charge in [-0.15, -0.1) is 0 Å². The number of hydrogen-bond donors (Lipinski definition) is 2. The van der Waals surface area contributed by atoms with Gasteiger partial charge in [0.1, 0.15) is 0 Å². The van der Waals surface area contributed by atoms with Crippen LogP contribution in [0.25, 0.3) is 0 Å². The highest BCUT2D eigenvalue weighted by molar-refractivity contribution is 5.12. The molecule has 3 nitrogen and oxygen atoms in total. The zero-order valence-electron chi connectivity index (χ0n) is 9.41. The van der Waals surface area contributed by atoms with Crippen LogP contribution >= 0.6 is 0 Å². The van der Waals surface area contributed by atoms with Crippen molar-refractivity contribution in [2.45, 2.75) is 25.9 Å². The van der Waals surface area contributed by atoms with E-state index in [0.717, 1.165) is 19.1 Å². The van der Waals surface area contributed by atoms with Crippen molar-refractivity contribution in [3.63, 3.8) is 0 Å². The Morgan fingerprint density at radius 1 is 1.60 bits per heavy atom. The highest BCUT2D eigenvalue weighted by Crippen LogP contribution is 2.36. The minimum absolute atomic E-state index is 0.203. The summed E-state index contributed by atoms with van der Waals surface area (Å²) < 4.78 is 5.88. The third-order valence-corrected chi connectivity index (χ3v) is 3.57. The fourth-order valence-corrected chi connectivity index (χ4v) is 2.63. The van der Waals surface area contributed by atoms with Gasteiger partial charge in [0.25, 0.3) is 0 Å². The lowest BCUT2D eigenvalue weighted by Crippen LogP contribution is -2.43. The van der Waals surface area contributed by atoms with Crippen LogP contribution in [0.15, 0.2) is 11.6 Å². The van der Waals surface area contributed by atoms with Crippen molar-refractivity contribution >= 4 is 0 Å². The van der Waals surface area contributed by atoms with Crippen molar-refractivity contribution in [3.8, 4) is 0 Å². The van der Waals surface area contributed by atoms with Gasteiger partial charge < -0.3 is 15.2 Å². The molecule has 86 valence electrons. The number of fused-ring (bicyclic) bond motifs is 2. The summed E-state index contributed by atoms with van der Waals surface area (Å²) in [5.74, 6) is 1.34. The molecule has 0 radical (unpaired) electrons. The van der Waals surface area contributed by atoms with Crippen LogP contribution in [0.3, 0.4) is 0 Å². The monoisotopic (exact) mass is 211 g/mol. The highest BCUT2D eigenvalue weighted by atomic mass is 16.5. The number of ether oxygens (including phenoxy) is 1. The molecule has 2 bridgehead atoms. The van der Waals surface area contributed by atoms with Gasteiger partial charge in [0.15, 0.2) is 0 Å². The average molecular weight is 211 g/mol. The van der Waals surface area contributed by atoms with E-state index in [9.17, 15) is 0 Å². The summed E-state index contributed by atoms with van der Waals surface area (Å²) in [6.45, 7) is 4.86. The van der Waals surface area contributed by atoms with Gasteiger partial charge in [-0.05, 0) is 25.7 Å². The second-order valence-corrected chi connectivity index (χ2v) is 4.69. The average Bonchev–Trinajstić information content (AvgIpc) is 2.26. The van der Waals surface area contributed by atoms with Crippen molar-refractivity contribution < 1.29 is 9.84 Å². The minimum atomic E-state index is 0.203. The first-order valence-electron chi connectivity index (χ1n) is 5.91. The molecule has 15 heavy (non-hydrogen) atoms. The normalized spacial score (nSPS) is 35.1. The molecule has 0 saturated carbocycles. The molecule has 1 heterocycles. The molecule has 0 aromatic carbocycles. The predicted octanol–water partition coefficient (Wildman–Crippen LogP) is 0.940. The quantitative estimate of drug-likeness (QED) is 0.537. The molecule has 2 aliphatic rings. The molecular weight excluding hydrogens is 190 g/mol. The molecule has 0 aromatic rings. The number of hydrogen-bond acceptors (Lipinski definition) is 3. The Bertz CT molecular complexity index is 240. The topological polar surface area (TPSA) is 41.5 Å². The van der Waals surface area contributed by atoms with Gasteiger partial charge in [-0.1, -0.05) is 11.6 Å². The lowest BCUT2D eigenvalue weighted by molar-refractivity contribution is -0.0477. The molecule has 0 amide bonds. The van der Waals surface area contributed by atoms with E-state index in [1.165, 1.54) is 18.4 Å². The molecule has 1 aliphatic heterocycles. The molecule has 1 saturated heterocycles. The van der Waals surface area contributed by atoms with Gasteiger partial charge in [-0.25, -0.2) is 0 Å². The van der Waals surface area contributed by atoms with E-state index in [1.807, 2.05) is 0 Å². The zero-order valence-corrected chi connectivity index (χ0v) is 9.41. The highest BCUT2D eigenvalue weighted by Gasteiger charge is 2.34. The zero-order chi connectivity index (χ0) is 10.7. The maximum atomic E-state index is 8.71. The van der Waals surface area contributed by atoms with E-state index < -0.39 is 0 Å². The van der Waals surface area contributed by atoms with Crippen molar-refractivity contribution in [2.75, 3.05) is 26.3 Å². The lowest BCUT2D eigenvalue weighted by Gasteiger charge is -2.40. The first kappa shape index (κ1) is 11.1. The summed E-state index contributed by atoms with van der Waals surface area (Å²) in [7, 11) is 0. The third kappa shape index (κ3) is 2.60. The Morgan fingerprint density at radius 3 is 3.27 bits per heavy atom. The van der Waals surface area contributed by atoms with Crippen LogP contribution < -0.4 is 5.32 Å². The first-order chi connectivity index (χ1) is 7.31. The predicted molar refractivity (Wildman–Crippen MR) is 59.7 cm³/mol. The summed E-state index contributed by atoms with van der Waals surface area (Å²) >= 11 is 0. The Labute approximate surface area is 91.5 Å². The molecule has 3 heteroatoms. The largest absolute Gasteiger partial charge is 0.395 e. The molecule has 0 unspecified atom stereocenters. The summed E-state index contributed by atoms with van der Waals surface area (Å²) in [4.78, 5) is 0. The van der Waals surface area contributed by atoms with E-state index in [-0.39, 0.29) is 6.61 Å². The van der Waals surface area contributed by atoms with Gasteiger partial charge in [-0.3, -0.25) is 0 Å². The number of rotatable bonds is 4. The summed E-state index contributed by atoms with van der Waals surface area (Å²) in [6, 6.07) is 0. The van der Waals surface area contributed by atoms with Crippen molar-refractivity contribution in [1.82, 2.24) is 5.32 Å². The van der Waals surface area contributed by atoms with Crippen molar-refractivity contribution in [3.05, 3.63) is 11.6 Å². The Morgan fingerprint density at radius 2 is 2.47 bits per heavy atom. The second kappa shape index (κ2) is 5.10. The molecular formula is C12H21NO2. The van der Waals surface area contributed by atoms with Crippen LogP contribution in [0.1, 0.15) is 19.8 Å². The van der Waals surface area contributed by atoms with Crippen LogP contribution in [0.4, 0.5) is 0 Å². The number of aliphatic hydroxyl groups is 1. The number of aliphatic hydroxyl groups excluding tert-OH is 1. The summed E-state index contributed by atoms with van der Waals surface area (Å²) in [5, 5.41) is 11.9. The van der Waals surface area contributed by atoms with E-state index in [4.69, 9.17) is 9.84 Å². The third-order valence-electron chi connectivity index (χ3n) is 3.57. The van der Waals surface area contributed by atoms with Gasteiger partial charge in [0.2, 0.25) is 0 Å². The van der Waals surface area contributed by atoms with Gasteiger partial charge in [0.05, 0.1) is 19.3 Å². The van der Waals surface area contributed by atoms with E-state index in [2.05, 4.69) is 18.3 Å². The molecule has 1 aliphatic carbocycles. The van der Waals surface area contributed by atoms with Gasteiger partial charge in [0, 0.05) is 19.0 Å². The first-order valence-corrected chi connectivity index (χ1v) is 5.91. The lowest BCUT2D eigenvalue weighted by atomic mass is 9.77. The van der Waals surface area contributed by atoms with Crippen LogP contribution in [0, 0.1) is 11.8 Å². The Balaban J connectivity index is 1.89. The maximum Gasteiger partial charge on any atom is 0.0764 e. The fraction of sp³-hybridized carbons (Fsp3) is 0.833. The van der Waals surface area contributed by atoms with E-state index >= 15 is 0 Å². The van der Waals surface area contributed by atoms with Crippen LogP contribution in [-0.2, 0) is 4.74 Å². The van der Waals surface area contributed by atoms with Crippen LogP contribution in [-0.4, -0.2) is 37.5 Å². The number of nitrogens with one attached hydrogen (secondary N) is 1. The fourth-order valence-electron chi connectivity index (χ4n) is 2.63. The molecule has 3 atom stereocenters. The van der Waals surface area contributed by atoms with E-state index in [0.29, 0.717) is 18.6 Å². The Kier molecular flexibility index (Phi) is 3.78. The van der Waals surface area contributed by atoms with Crippen LogP contribution in [0.5, 0.6) is 0 Å². The molecule has 2 rings (SSSR count). The smallest absolute Gasteiger partial charge is 0.0764 e.